The Morgan fingerprint density at radius 3 is 2.73 bits per heavy atom. The van der Waals surface area contributed by atoms with Gasteiger partial charge in [-0.05, 0) is 41.5 Å². The number of carbonyl (C=O) groups excluding carboxylic acids is 1. The van der Waals surface area contributed by atoms with E-state index in [-0.39, 0.29) is 5.57 Å². The summed E-state index contributed by atoms with van der Waals surface area (Å²) in [5, 5.41) is 9.49. The van der Waals surface area contributed by atoms with E-state index < -0.39 is 5.91 Å². The van der Waals surface area contributed by atoms with Crippen LogP contribution in [-0.4, -0.2) is 5.91 Å². The van der Waals surface area contributed by atoms with E-state index in [9.17, 15) is 4.79 Å². The molecule has 0 atom stereocenters. The molecule has 0 unspecified atom stereocenters. The molecule has 5 heteroatoms. The summed E-state index contributed by atoms with van der Waals surface area (Å²) in [6.45, 7) is 0.370. The van der Waals surface area contributed by atoms with Crippen LogP contribution in [0.1, 0.15) is 11.1 Å². The fourth-order valence-corrected chi connectivity index (χ4v) is 2.03. The summed E-state index contributed by atoms with van der Waals surface area (Å²) in [4.78, 5) is 11.1. The standard InChI is InChI=1S/C17H13ClN2O2/c18-15-5-1-4-13(8-15)11-22-16-6-2-3-12(9-16)7-14(10-19)17(20)21/h1-9H,11H2,(H2,20,21)/b14-7-. The zero-order valence-electron chi connectivity index (χ0n) is 11.6. The fourth-order valence-electron chi connectivity index (χ4n) is 1.81. The molecule has 0 spiro atoms. The molecule has 0 fully saturated rings. The van der Waals surface area contributed by atoms with Crippen LogP contribution in [-0.2, 0) is 11.4 Å². The minimum Gasteiger partial charge on any atom is -0.489 e. The van der Waals surface area contributed by atoms with E-state index in [0.717, 1.165) is 5.56 Å². The number of nitrogens with two attached hydrogens (primary N) is 1. The van der Waals surface area contributed by atoms with Gasteiger partial charge in [-0.2, -0.15) is 5.26 Å². The Labute approximate surface area is 133 Å². The van der Waals surface area contributed by atoms with Crippen molar-refractivity contribution in [1.29, 1.82) is 5.26 Å². The van der Waals surface area contributed by atoms with Crippen molar-refractivity contribution in [3.05, 3.63) is 70.3 Å². The van der Waals surface area contributed by atoms with E-state index in [4.69, 9.17) is 27.3 Å². The number of halogens is 1. The van der Waals surface area contributed by atoms with E-state index in [2.05, 4.69) is 0 Å². The number of nitrogens with zero attached hydrogens (tertiary/aromatic N) is 1. The molecule has 4 nitrogen and oxygen atoms in total. The van der Waals surface area contributed by atoms with E-state index in [1.54, 1.807) is 36.4 Å². The summed E-state index contributed by atoms with van der Waals surface area (Å²) >= 11 is 5.92. The second-order valence-electron chi connectivity index (χ2n) is 4.53. The van der Waals surface area contributed by atoms with Crippen LogP contribution in [0, 0.1) is 11.3 Å². The van der Waals surface area contributed by atoms with Gasteiger partial charge in [0.1, 0.15) is 24.0 Å². The van der Waals surface area contributed by atoms with Crippen LogP contribution in [0.3, 0.4) is 0 Å². The van der Waals surface area contributed by atoms with E-state index in [1.807, 2.05) is 18.2 Å². The number of amides is 1. The summed E-state index contributed by atoms with van der Waals surface area (Å²) in [6, 6.07) is 16.2. The average Bonchev–Trinajstić information content (AvgIpc) is 2.51. The molecule has 0 saturated carbocycles. The number of primary amides is 1. The molecule has 2 N–H and O–H groups in total. The Morgan fingerprint density at radius 1 is 1.27 bits per heavy atom. The van der Waals surface area contributed by atoms with Gasteiger partial charge in [0.15, 0.2) is 0 Å². The number of rotatable bonds is 5. The van der Waals surface area contributed by atoms with Crippen molar-refractivity contribution in [1.82, 2.24) is 0 Å². The third-order valence-electron chi connectivity index (χ3n) is 2.85. The number of hydrogen-bond acceptors (Lipinski definition) is 3. The first-order valence-corrected chi connectivity index (χ1v) is 6.85. The molecule has 0 aromatic heterocycles. The van der Waals surface area contributed by atoms with E-state index in [0.29, 0.717) is 22.9 Å². The lowest BCUT2D eigenvalue weighted by atomic mass is 10.1. The molecule has 2 rings (SSSR count). The Hall–Kier alpha value is -2.77. The van der Waals surface area contributed by atoms with Crippen molar-refractivity contribution in [3.8, 4) is 11.8 Å². The maximum atomic E-state index is 11.1. The van der Waals surface area contributed by atoms with Gasteiger partial charge in [-0.15, -0.1) is 0 Å². The molecule has 0 aliphatic rings. The minimum absolute atomic E-state index is 0.105. The molecule has 2 aromatic carbocycles. The summed E-state index contributed by atoms with van der Waals surface area (Å²) in [6.07, 6.45) is 1.43. The van der Waals surface area contributed by atoms with Crippen LogP contribution >= 0.6 is 11.6 Å². The Bertz CT molecular complexity index is 763. The van der Waals surface area contributed by atoms with Crippen molar-refractivity contribution >= 4 is 23.6 Å². The highest BCUT2D eigenvalue weighted by atomic mass is 35.5. The molecule has 0 saturated heterocycles. The summed E-state index contributed by atoms with van der Waals surface area (Å²) in [7, 11) is 0. The number of benzene rings is 2. The predicted octanol–water partition coefficient (Wildman–Crippen LogP) is 3.31. The first-order chi connectivity index (χ1) is 10.6. The van der Waals surface area contributed by atoms with Gasteiger partial charge < -0.3 is 10.5 Å². The lowest BCUT2D eigenvalue weighted by molar-refractivity contribution is -0.114. The number of ether oxygens (including phenoxy) is 1. The van der Waals surface area contributed by atoms with Crippen LogP contribution in [0.4, 0.5) is 0 Å². The highest BCUT2D eigenvalue weighted by Gasteiger charge is 2.04. The molecule has 0 heterocycles. The molecule has 1 amide bonds. The van der Waals surface area contributed by atoms with Gasteiger partial charge in [0.2, 0.25) is 0 Å². The SMILES string of the molecule is N#C/C(=C/c1cccc(OCc2cccc(Cl)c2)c1)C(N)=O. The van der Waals surface area contributed by atoms with Crippen LogP contribution in [0.25, 0.3) is 6.08 Å². The molecular weight excluding hydrogens is 300 g/mol. The van der Waals surface area contributed by atoms with E-state index in [1.165, 1.54) is 6.08 Å². The minimum atomic E-state index is -0.757. The highest BCUT2D eigenvalue weighted by Crippen LogP contribution is 2.18. The maximum Gasteiger partial charge on any atom is 0.259 e. The molecule has 110 valence electrons. The third kappa shape index (κ3) is 4.37. The average molecular weight is 313 g/mol. The maximum absolute atomic E-state index is 11.1. The van der Waals surface area contributed by atoms with Gasteiger partial charge in [0.25, 0.3) is 5.91 Å². The van der Waals surface area contributed by atoms with Crippen LogP contribution in [0.5, 0.6) is 5.75 Å². The lowest BCUT2D eigenvalue weighted by Crippen LogP contribution is -2.12. The molecule has 0 aliphatic heterocycles. The van der Waals surface area contributed by atoms with Crippen molar-refractivity contribution in [2.24, 2.45) is 5.73 Å². The van der Waals surface area contributed by atoms with Gasteiger partial charge in [0.05, 0.1) is 0 Å². The molecular formula is C17H13ClN2O2. The van der Waals surface area contributed by atoms with Crippen LogP contribution in [0.15, 0.2) is 54.1 Å². The van der Waals surface area contributed by atoms with Crippen molar-refractivity contribution < 1.29 is 9.53 Å². The number of carbonyl (C=O) groups is 1. The third-order valence-corrected chi connectivity index (χ3v) is 3.08. The molecule has 0 bridgehead atoms. The van der Waals surface area contributed by atoms with Crippen molar-refractivity contribution in [2.45, 2.75) is 6.61 Å². The molecule has 0 aliphatic carbocycles. The second kappa shape index (κ2) is 7.30. The normalized spacial score (nSPS) is 10.8. The quantitative estimate of drug-likeness (QED) is 0.679. The summed E-state index contributed by atoms with van der Waals surface area (Å²) in [5.41, 5.74) is 6.62. The Balaban J connectivity index is 2.12. The predicted molar refractivity (Wildman–Crippen MR) is 85.0 cm³/mol. The Kier molecular flexibility index (Phi) is 5.18. The summed E-state index contributed by atoms with van der Waals surface area (Å²) in [5.74, 6) is -0.136. The van der Waals surface area contributed by atoms with Crippen LogP contribution < -0.4 is 10.5 Å². The van der Waals surface area contributed by atoms with Crippen molar-refractivity contribution in [3.63, 3.8) is 0 Å². The number of nitriles is 1. The summed E-state index contributed by atoms with van der Waals surface area (Å²) < 4.78 is 5.68. The monoisotopic (exact) mass is 312 g/mol. The Morgan fingerprint density at radius 2 is 2.05 bits per heavy atom. The highest BCUT2D eigenvalue weighted by molar-refractivity contribution is 6.30. The van der Waals surface area contributed by atoms with Gasteiger partial charge >= 0.3 is 0 Å². The van der Waals surface area contributed by atoms with Crippen molar-refractivity contribution in [2.75, 3.05) is 0 Å². The van der Waals surface area contributed by atoms with Gasteiger partial charge in [-0.3, -0.25) is 4.79 Å². The first kappa shape index (κ1) is 15.6. The lowest BCUT2D eigenvalue weighted by Gasteiger charge is -2.07. The molecule has 0 radical (unpaired) electrons. The van der Waals surface area contributed by atoms with Gasteiger partial charge in [-0.1, -0.05) is 35.9 Å². The van der Waals surface area contributed by atoms with Gasteiger partial charge in [-0.25, -0.2) is 0 Å². The molecule has 2 aromatic rings. The topological polar surface area (TPSA) is 76.1 Å². The second-order valence-corrected chi connectivity index (χ2v) is 4.96. The molecule has 22 heavy (non-hydrogen) atoms. The van der Waals surface area contributed by atoms with Gasteiger partial charge in [0, 0.05) is 5.02 Å². The zero-order chi connectivity index (χ0) is 15.9. The number of hydrogen-bond donors (Lipinski definition) is 1. The zero-order valence-corrected chi connectivity index (χ0v) is 12.4. The largest absolute Gasteiger partial charge is 0.489 e. The van der Waals surface area contributed by atoms with Crippen LogP contribution in [0.2, 0.25) is 5.02 Å². The smallest absolute Gasteiger partial charge is 0.259 e. The van der Waals surface area contributed by atoms with E-state index >= 15 is 0 Å². The fraction of sp³-hybridized carbons (Fsp3) is 0.0588. The first-order valence-electron chi connectivity index (χ1n) is 6.47.